The minimum absolute atomic E-state index is 0.132. The molecule has 4 rings (SSSR count). The standard InChI is InChI=1S/C26H20O2/c1-17-11-14-19(15-12-17)25(27)22-9-5-6-10-23(22)26(28)24-16-13-18(2)20-7-3-4-8-21(20)24/h3-16H,1-2H3. The molecule has 0 heterocycles. The number of benzene rings is 4. The summed E-state index contributed by atoms with van der Waals surface area (Å²) in [4.78, 5) is 26.5. The molecule has 0 N–H and O–H groups in total. The number of hydrogen-bond donors (Lipinski definition) is 0. The Morgan fingerprint density at radius 2 is 1.11 bits per heavy atom. The molecule has 0 aliphatic rings. The zero-order valence-electron chi connectivity index (χ0n) is 15.9. The third kappa shape index (κ3) is 3.14. The molecule has 0 radical (unpaired) electrons. The third-order valence-corrected chi connectivity index (χ3v) is 5.12. The summed E-state index contributed by atoms with van der Waals surface area (Å²) >= 11 is 0. The molecule has 0 fully saturated rings. The van der Waals surface area contributed by atoms with Crippen molar-refractivity contribution in [1.82, 2.24) is 0 Å². The zero-order chi connectivity index (χ0) is 19.7. The largest absolute Gasteiger partial charge is 0.289 e. The highest BCUT2D eigenvalue weighted by atomic mass is 16.1. The first-order valence-electron chi connectivity index (χ1n) is 9.29. The van der Waals surface area contributed by atoms with Gasteiger partial charge in [0.15, 0.2) is 11.6 Å². The smallest absolute Gasteiger partial charge is 0.194 e. The number of rotatable bonds is 4. The summed E-state index contributed by atoms with van der Waals surface area (Å²) in [6.07, 6.45) is 0. The van der Waals surface area contributed by atoms with Crippen molar-refractivity contribution < 1.29 is 9.59 Å². The van der Waals surface area contributed by atoms with Crippen LogP contribution in [-0.4, -0.2) is 11.6 Å². The summed E-state index contributed by atoms with van der Waals surface area (Å²) in [6, 6.07) is 26.2. The molecule has 0 amide bonds. The Hall–Kier alpha value is -3.52. The second-order valence-electron chi connectivity index (χ2n) is 7.05. The lowest BCUT2D eigenvalue weighted by atomic mass is 9.90. The van der Waals surface area contributed by atoms with Crippen LogP contribution in [0.1, 0.15) is 43.0 Å². The number of aryl methyl sites for hydroxylation is 2. The molecule has 0 saturated carbocycles. The van der Waals surface area contributed by atoms with Gasteiger partial charge < -0.3 is 0 Å². The van der Waals surface area contributed by atoms with E-state index in [1.165, 1.54) is 0 Å². The van der Waals surface area contributed by atoms with Crippen LogP contribution >= 0.6 is 0 Å². The fourth-order valence-electron chi connectivity index (χ4n) is 3.53. The summed E-state index contributed by atoms with van der Waals surface area (Å²) in [7, 11) is 0. The van der Waals surface area contributed by atoms with Gasteiger partial charge in [-0.05, 0) is 30.2 Å². The maximum Gasteiger partial charge on any atom is 0.194 e. The molecular formula is C26H20O2. The average Bonchev–Trinajstić information content (AvgIpc) is 2.74. The van der Waals surface area contributed by atoms with Crippen LogP contribution in [0.5, 0.6) is 0 Å². The van der Waals surface area contributed by atoms with Gasteiger partial charge in [-0.25, -0.2) is 0 Å². The molecule has 0 spiro atoms. The Labute approximate surface area is 164 Å². The van der Waals surface area contributed by atoms with E-state index < -0.39 is 0 Å². The van der Waals surface area contributed by atoms with Crippen molar-refractivity contribution in [3.8, 4) is 0 Å². The monoisotopic (exact) mass is 364 g/mol. The van der Waals surface area contributed by atoms with Crippen molar-refractivity contribution in [3.63, 3.8) is 0 Å². The van der Waals surface area contributed by atoms with Gasteiger partial charge in [0, 0.05) is 22.3 Å². The molecule has 0 aliphatic heterocycles. The minimum atomic E-state index is -0.139. The van der Waals surface area contributed by atoms with Crippen molar-refractivity contribution >= 4 is 22.3 Å². The van der Waals surface area contributed by atoms with E-state index in [1.807, 2.05) is 62.4 Å². The predicted molar refractivity (Wildman–Crippen MR) is 113 cm³/mol. The molecule has 2 heteroatoms. The van der Waals surface area contributed by atoms with Crippen LogP contribution in [0.2, 0.25) is 0 Å². The van der Waals surface area contributed by atoms with Gasteiger partial charge in [-0.3, -0.25) is 9.59 Å². The normalized spacial score (nSPS) is 10.8. The Bertz CT molecular complexity index is 1200. The lowest BCUT2D eigenvalue weighted by Gasteiger charge is -2.11. The topological polar surface area (TPSA) is 34.1 Å². The van der Waals surface area contributed by atoms with Crippen LogP contribution < -0.4 is 0 Å². The van der Waals surface area contributed by atoms with Gasteiger partial charge in [-0.2, -0.15) is 0 Å². The lowest BCUT2D eigenvalue weighted by molar-refractivity contribution is 0.100. The molecular weight excluding hydrogens is 344 g/mol. The summed E-state index contributed by atoms with van der Waals surface area (Å²) in [5.74, 6) is -0.271. The number of hydrogen-bond acceptors (Lipinski definition) is 2. The average molecular weight is 364 g/mol. The number of carbonyl (C=O) groups excluding carboxylic acids is 2. The molecule has 0 aliphatic carbocycles. The quantitative estimate of drug-likeness (QED) is 0.421. The molecule has 136 valence electrons. The van der Waals surface area contributed by atoms with Gasteiger partial charge in [0.2, 0.25) is 0 Å². The van der Waals surface area contributed by atoms with Gasteiger partial charge in [-0.15, -0.1) is 0 Å². The van der Waals surface area contributed by atoms with E-state index in [2.05, 4.69) is 0 Å². The highest BCUT2D eigenvalue weighted by Gasteiger charge is 2.20. The lowest BCUT2D eigenvalue weighted by Crippen LogP contribution is -2.11. The number of ketones is 2. The van der Waals surface area contributed by atoms with Gasteiger partial charge in [0.1, 0.15) is 0 Å². The van der Waals surface area contributed by atoms with E-state index in [1.54, 1.807) is 36.4 Å². The molecule has 0 unspecified atom stereocenters. The molecule has 2 nitrogen and oxygen atoms in total. The van der Waals surface area contributed by atoms with Gasteiger partial charge in [0.25, 0.3) is 0 Å². The van der Waals surface area contributed by atoms with Crippen LogP contribution in [0.4, 0.5) is 0 Å². The number of carbonyl (C=O) groups is 2. The van der Waals surface area contributed by atoms with E-state index in [4.69, 9.17) is 0 Å². The summed E-state index contributed by atoms with van der Waals surface area (Å²) in [6.45, 7) is 4.01. The maximum atomic E-state index is 13.4. The van der Waals surface area contributed by atoms with E-state index in [0.29, 0.717) is 22.3 Å². The number of fused-ring (bicyclic) bond motifs is 1. The van der Waals surface area contributed by atoms with E-state index in [-0.39, 0.29) is 11.6 Å². The molecule has 0 aromatic heterocycles. The summed E-state index contributed by atoms with van der Waals surface area (Å²) < 4.78 is 0. The van der Waals surface area contributed by atoms with Crippen LogP contribution in [0, 0.1) is 13.8 Å². The van der Waals surface area contributed by atoms with Crippen LogP contribution in [0.15, 0.2) is 84.9 Å². The SMILES string of the molecule is Cc1ccc(C(=O)c2ccccc2C(=O)c2ccc(C)c3ccccc23)cc1. The molecule has 4 aromatic carbocycles. The predicted octanol–water partition coefficient (Wildman–Crippen LogP) is 5.92. The van der Waals surface area contributed by atoms with Crippen molar-refractivity contribution in [1.29, 1.82) is 0 Å². The zero-order valence-corrected chi connectivity index (χ0v) is 15.9. The van der Waals surface area contributed by atoms with Gasteiger partial charge in [0.05, 0.1) is 0 Å². The molecule has 4 aromatic rings. The first kappa shape index (κ1) is 17.9. The van der Waals surface area contributed by atoms with Crippen molar-refractivity contribution in [2.75, 3.05) is 0 Å². The van der Waals surface area contributed by atoms with Gasteiger partial charge in [-0.1, -0.05) is 90.5 Å². The van der Waals surface area contributed by atoms with Crippen molar-refractivity contribution in [2.24, 2.45) is 0 Å². The van der Waals surface area contributed by atoms with Crippen molar-refractivity contribution in [3.05, 3.63) is 118 Å². The fourth-order valence-corrected chi connectivity index (χ4v) is 3.53. The maximum absolute atomic E-state index is 13.4. The van der Waals surface area contributed by atoms with Crippen LogP contribution in [-0.2, 0) is 0 Å². The highest BCUT2D eigenvalue weighted by Crippen LogP contribution is 2.26. The van der Waals surface area contributed by atoms with Crippen LogP contribution in [0.25, 0.3) is 10.8 Å². The molecule has 0 bridgehead atoms. The first-order valence-corrected chi connectivity index (χ1v) is 9.29. The second kappa shape index (κ2) is 7.24. The second-order valence-corrected chi connectivity index (χ2v) is 7.05. The molecule has 0 atom stereocenters. The highest BCUT2D eigenvalue weighted by molar-refractivity contribution is 6.23. The summed E-state index contributed by atoms with van der Waals surface area (Å²) in [5, 5.41) is 1.96. The fraction of sp³-hybridized carbons (Fsp3) is 0.0769. The Morgan fingerprint density at radius 3 is 1.79 bits per heavy atom. The Balaban J connectivity index is 1.83. The van der Waals surface area contributed by atoms with Gasteiger partial charge >= 0.3 is 0 Å². The third-order valence-electron chi connectivity index (χ3n) is 5.12. The Morgan fingerprint density at radius 1 is 0.536 bits per heavy atom. The molecule has 0 saturated heterocycles. The van der Waals surface area contributed by atoms with E-state index in [9.17, 15) is 9.59 Å². The molecule has 28 heavy (non-hydrogen) atoms. The Kier molecular flexibility index (Phi) is 4.62. The first-order chi connectivity index (χ1) is 13.6. The van der Waals surface area contributed by atoms with E-state index in [0.717, 1.165) is 21.9 Å². The van der Waals surface area contributed by atoms with Crippen molar-refractivity contribution in [2.45, 2.75) is 13.8 Å². The summed E-state index contributed by atoms with van der Waals surface area (Å²) in [5.41, 5.74) is 4.27. The van der Waals surface area contributed by atoms with E-state index >= 15 is 0 Å². The minimum Gasteiger partial charge on any atom is -0.289 e. The van der Waals surface area contributed by atoms with Crippen LogP contribution in [0.3, 0.4) is 0 Å².